The molecule has 0 radical (unpaired) electrons. The third-order valence-corrected chi connectivity index (χ3v) is 5.79. The van der Waals surface area contributed by atoms with Crippen LogP contribution in [-0.2, 0) is 14.1 Å². The van der Waals surface area contributed by atoms with Gasteiger partial charge in [-0.15, -0.1) is 0 Å². The van der Waals surface area contributed by atoms with E-state index in [-0.39, 0.29) is 16.2 Å². The van der Waals surface area contributed by atoms with Gasteiger partial charge in [0.15, 0.2) is 5.11 Å². The van der Waals surface area contributed by atoms with Gasteiger partial charge in [0.2, 0.25) is 0 Å². The van der Waals surface area contributed by atoms with Crippen LogP contribution < -0.4 is 21.8 Å². The lowest BCUT2D eigenvalue weighted by Gasteiger charge is -2.08. The van der Waals surface area contributed by atoms with Gasteiger partial charge < -0.3 is 10.6 Å². The third kappa shape index (κ3) is 3.56. The average Bonchev–Trinajstić information content (AvgIpc) is 3.13. The molecule has 2 aromatic heterocycles. The van der Waals surface area contributed by atoms with E-state index in [2.05, 4.69) is 10.6 Å². The zero-order valence-corrected chi connectivity index (χ0v) is 19.1. The van der Waals surface area contributed by atoms with Gasteiger partial charge in [0.05, 0.1) is 22.8 Å². The smallest absolute Gasteiger partial charge is 0.295 e. The van der Waals surface area contributed by atoms with Crippen molar-refractivity contribution in [3.63, 3.8) is 0 Å². The van der Waals surface area contributed by atoms with E-state index in [1.54, 1.807) is 18.7 Å². The van der Waals surface area contributed by atoms with Crippen molar-refractivity contribution in [1.82, 2.24) is 18.7 Å². The molecule has 164 valence electrons. The van der Waals surface area contributed by atoms with E-state index in [1.807, 2.05) is 88.6 Å². The number of hydrogen-bond donors (Lipinski definition) is 2. The quantitative estimate of drug-likeness (QED) is 0.469. The summed E-state index contributed by atoms with van der Waals surface area (Å²) >= 11 is 5.46. The maximum Gasteiger partial charge on any atom is 0.295 e. The first-order chi connectivity index (χ1) is 15.3. The fourth-order valence-corrected chi connectivity index (χ4v) is 3.89. The first kappa shape index (κ1) is 21.4. The molecule has 2 aromatic carbocycles. The molecule has 4 rings (SSSR count). The summed E-state index contributed by atoms with van der Waals surface area (Å²) in [4.78, 5) is 26.2. The van der Waals surface area contributed by atoms with E-state index >= 15 is 0 Å². The number of rotatable bonds is 4. The van der Waals surface area contributed by atoms with Crippen LogP contribution >= 0.6 is 12.2 Å². The highest BCUT2D eigenvalue weighted by Crippen LogP contribution is 2.16. The van der Waals surface area contributed by atoms with Crippen LogP contribution in [0.1, 0.15) is 11.4 Å². The SMILES string of the molecule is Cc1c(NC(=S)Nc2c(C)n(C)n(-c3ccccc3)c2=O)c(=O)n(-c2ccccc2)n1C. The Labute approximate surface area is 190 Å². The van der Waals surface area contributed by atoms with Crippen molar-refractivity contribution >= 4 is 28.7 Å². The zero-order valence-electron chi connectivity index (χ0n) is 18.3. The van der Waals surface area contributed by atoms with Crippen molar-refractivity contribution in [2.24, 2.45) is 14.1 Å². The molecule has 0 saturated carbocycles. The van der Waals surface area contributed by atoms with E-state index in [0.717, 1.165) is 22.8 Å². The number of anilines is 2. The number of thiocarbonyl (C=S) groups is 1. The second-order valence-electron chi connectivity index (χ2n) is 7.45. The van der Waals surface area contributed by atoms with Crippen molar-refractivity contribution in [2.45, 2.75) is 13.8 Å². The van der Waals surface area contributed by atoms with Crippen LogP contribution in [0, 0.1) is 13.8 Å². The summed E-state index contributed by atoms with van der Waals surface area (Å²) in [5, 5.41) is 6.15. The van der Waals surface area contributed by atoms with Gasteiger partial charge in [-0.05, 0) is 50.3 Å². The predicted molar refractivity (Wildman–Crippen MR) is 131 cm³/mol. The molecular formula is C23H24N6O2S. The molecule has 0 amide bonds. The summed E-state index contributed by atoms with van der Waals surface area (Å²) in [7, 11) is 3.62. The van der Waals surface area contributed by atoms with E-state index in [0.29, 0.717) is 11.4 Å². The van der Waals surface area contributed by atoms with E-state index in [4.69, 9.17) is 12.2 Å². The molecule has 0 saturated heterocycles. The number of nitrogens with zero attached hydrogens (tertiary/aromatic N) is 4. The molecule has 0 fully saturated rings. The standard InChI is InChI=1S/C23H24N6O2S/c1-15-19(21(30)28(26(15)3)17-11-7-5-8-12-17)24-23(32)25-20-16(2)27(4)29(22(20)31)18-13-9-6-10-14-18/h5-14H,1-4H3,(H2,24,25,32). The molecule has 0 atom stereocenters. The fraction of sp³-hybridized carbons (Fsp3) is 0.174. The van der Waals surface area contributed by atoms with Gasteiger partial charge in [0, 0.05) is 14.1 Å². The third-order valence-electron chi connectivity index (χ3n) is 5.59. The predicted octanol–water partition coefficient (Wildman–Crippen LogP) is 3.09. The molecule has 0 bridgehead atoms. The first-order valence-corrected chi connectivity index (χ1v) is 10.5. The molecule has 4 aromatic rings. The van der Waals surface area contributed by atoms with Crippen LogP contribution in [0.2, 0.25) is 0 Å². The summed E-state index contributed by atoms with van der Waals surface area (Å²) in [6, 6.07) is 18.7. The Kier molecular flexibility index (Phi) is 5.58. The molecule has 32 heavy (non-hydrogen) atoms. The maximum atomic E-state index is 13.1. The van der Waals surface area contributed by atoms with Gasteiger partial charge in [0.25, 0.3) is 11.1 Å². The molecule has 0 aliphatic carbocycles. The lowest BCUT2D eigenvalue weighted by atomic mass is 10.3. The lowest BCUT2D eigenvalue weighted by Crippen LogP contribution is -2.28. The number of hydrogen-bond acceptors (Lipinski definition) is 3. The number of nitrogens with one attached hydrogen (secondary N) is 2. The van der Waals surface area contributed by atoms with Gasteiger partial charge in [0.1, 0.15) is 11.4 Å². The number of para-hydroxylation sites is 2. The van der Waals surface area contributed by atoms with Crippen molar-refractivity contribution in [3.05, 3.63) is 92.8 Å². The Balaban J connectivity index is 1.65. The van der Waals surface area contributed by atoms with Crippen LogP contribution in [0.3, 0.4) is 0 Å². The first-order valence-electron chi connectivity index (χ1n) is 10.1. The Hall–Kier alpha value is -3.85. The van der Waals surface area contributed by atoms with Crippen LogP contribution in [-0.4, -0.2) is 23.8 Å². The van der Waals surface area contributed by atoms with Crippen LogP contribution in [0.4, 0.5) is 11.4 Å². The summed E-state index contributed by atoms with van der Waals surface area (Å²) < 4.78 is 6.66. The van der Waals surface area contributed by atoms with Crippen molar-refractivity contribution in [1.29, 1.82) is 0 Å². The van der Waals surface area contributed by atoms with E-state index in [9.17, 15) is 9.59 Å². The highest BCUT2D eigenvalue weighted by molar-refractivity contribution is 7.80. The summed E-state index contributed by atoms with van der Waals surface area (Å²) in [6.45, 7) is 3.67. The van der Waals surface area contributed by atoms with Gasteiger partial charge in [-0.25, -0.2) is 9.36 Å². The summed E-state index contributed by atoms with van der Waals surface area (Å²) in [6.07, 6.45) is 0. The maximum absolute atomic E-state index is 13.1. The normalized spacial score (nSPS) is 10.9. The zero-order chi connectivity index (χ0) is 23.0. The lowest BCUT2D eigenvalue weighted by molar-refractivity contribution is 0.630. The van der Waals surface area contributed by atoms with Gasteiger partial charge >= 0.3 is 0 Å². The highest BCUT2D eigenvalue weighted by atomic mass is 32.1. The Bertz CT molecular complexity index is 1300. The molecule has 0 spiro atoms. The number of benzene rings is 2. The molecule has 0 aliphatic rings. The second-order valence-corrected chi connectivity index (χ2v) is 7.86. The minimum atomic E-state index is -0.230. The molecular weight excluding hydrogens is 424 g/mol. The van der Waals surface area contributed by atoms with Crippen LogP contribution in [0.5, 0.6) is 0 Å². The van der Waals surface area contributed by atoms with Gasteiger partial charge in [-0.1, -0.05) is 36.4 Å². The van der Waals surface area contributed by atoms with Gasteiger partial charge in [-0.2, -0.15) is 0 Å². The van der Waals surface area contributed by atoms with E-state index < -0.39 is 0 Å². The second kappa shape index (κ2) is 8.35. The molecule has 0 aliphatic heterocycles. The molecule has 8 nitrogen and oxygen atoms in total. The molecule has 2 heterocycles. The van der Waals surface area contributed by atoms with Crippen molar-refractivity contribution < 1.29 is 0 Å². The summed E-state index contributed by atoms with van der Waals surface area (Å²) in [5.41, 5.74) is 3.18. The highest BCUT2D eigenvalue weighted by Gasteiger charge is 2.20. The Morgan fingerprint density at radius 1 is 0.688 bits per heavy atom. The van der Waals surface area contributed by atoms with Crippen LogP contribution in [0.15, 0.2) is 70.3 Å². The molecule has 9 heteroatoms. The minimum absolute atomic E-state index is 0.169. The van der Waals surface area contributed by atoms with Crippen molar-refractivity contribution in [2.75, 3.05) is 10.6 Å². The topological polar surface area (TPSA) is 77.9 Å². The molecule has 0 unspecified atom stereocenters. The summed E-state index contributed by atoms with van der Waals surface area (Å²) in [5.74, 6) is 0. The minimum Gasteiger partial charge on any atom is -0.326 e. The largest absolute Gasteiger partial charge is 0.326 e. The van der Waals surface area contributed by atoms with E-state index in [1.165, 1.54) is 0 Å². The molecule has 2 N–H and O–H groups in total. The Morgan fingerprint density at radius 2 is 1.03 bits per heavy atom. The van der Waals surface area contributed by atoms with Crippen LogP contribution in [0.25, 0.3) is 11.4 Å². The fourth-order valence-electron chi connectivity index (χ4n) is 3.68. The average molecular weight is 449 g/mol. The van der Waals surface area contributed by atoms with Gasteiger partial charge in [-0.3, -0.25) is 19.0 Å². The monoisotopic (exact) mass is 448 g/mol. The Morgan fingerprint density at radius 3 is 1.38 bits per heavy atom. The van der Waals surface area contributed by atoms with Crippen molar-refractivity contribution in [3.8, 4) is 11.4 Å². The number of aromatic nitrogens is 4.